The number of rotatable bonds is 6. The van der Waals surface area contributed by atoms with E-state index < -0.39 is 0 Å². The van der Waals surface area contributed by atoms with Crippen molar-refractivity contribution in [3.05, 3.63) is 48.0 Å². The highest BCUT2D eigenvalue weighted by Crippen LogP contribution is 2.26. The van der Waals surface area contributed by atoms with Gasteiger partial charge in [0.25, 0.3) is 0 Å². The first-order chi connectivity index (χ1) is 11.2. The minimum absolute atomic E-state index is 0.316. The predicted octanol–water partition coefficient (Wildman–Crippen LogP) is 1.76. The van der Waals surface area contributed by atoms with E-state index in [2.05, 4.69) is 15.3 Å². The Bertz CT molecular complexity index is 797. The van der Waals surface area contributed by atoms with Gasteiger partial charge in [-0.1, -0.05) is 17.8 Å². The molecule has 0 atom stereocenters. The molecule has 0 bridgehead atoms. The Morgan fingerprint density at radius 2 is 2.13 bits per heavy atom. The third kappa shape index (κ3) is 3.22. The summed E-state index contributed by atoms with van der Waals surface area (Å²) in [6, 6.07) is 9.75. The number of nitrogens with two attached hydrogens (primary N) is 1. The van der Waals surface area contributed by atoms with Gasteiger partial charge in [0.05, 0.1) is 19.3 Å². The highest BCUT2D eigenvalue weighted by Gasteiger charge is 2.14. The van der Waals surface area contributed by atoms with Crippen LogP contribution in [0.25, 0.3) is 5.69 Å². The molecule has 0 aliphatic carbocycles. The van der Waals surface area contributed by atoms with E-state index in [9.17, 15) is 0 Å². The Morgan fingerprint density at radius 1 is 1.26 bits per heavy atom. The molecular weight excluding hydrogens is 312 g/mol. The molecule has 0 amide bonds. The lowest BCUT2D eigenvalue weighted by Crippen LogP contribution is -2.08. The van der Waals surface area contributed by atoms with Crippen LogP contribution in [0.4, 0.5) is 0 Å². The van der Waals surface area contributed by atoms with Crippen molar-refractivity contribution in [3.8, 4) is 11.4 Å². The first kappa shape index (κ1) is 15.6. The molecule has 0 saturated heterocycles. The van der Waals surface area contributed by atoms with E-state index >= 15 is 0 Å². The summed E-state index contributed by atoms with van der Waals surface area (Å²) in [5.41, 5.74) is 7.86. The second-order valence-electron chi connectivity index (χ2n) is 4.87. The highest BCUT2D eigenvalue weighted by molar-refractivity contribution is 7.98. The van der Waals surface area contributed by atoms with Crippen molar-refractivity contribution in [2.75, 3.05) is 7.11 Å². The second-order valence-corrected chi connectivity index (χ2v) is 5.82. The number of thioether (sulfide) groups is 1. The van der Waals surface area contributed by atoms with Crippen LogP contribution in [0.15, 0.2) is 41.7 Å². The summed E-state index contributed by atoms with van der Waals surface area (Å²) in [5.74, 6) is 2.25. The molecule has 0 radical (unpaired) electrons. The Balaban J connectivity index is 1.92. The van der Waals surface area contributed by atoms with E-state index in [4.69, 9.17) is 10.5 Å². The lowest BCUT2D eigenvalue weighted by atomic mass is 10.3. The van der Waals surface area contributed by atoms with Crippen LogP contribution in [0.5, 0.6) is 5.75 Å². The second kappa shape index (κ2) is 6.84. The van der Waals surface area contributed by atoms with E-state index in [1.54, 1.807) is 25.1 Å². The lowest BCUT2D eigenvalue weighted by Gasteiger charge is -2.10. The maximum atomic E-state index is 5.81. The first-order valence-electron chi connectivity index (χ1n) is 7.11. The van der Waals surface area contributed by atoms with E-state index in [1.807, 2.05) is 46.6 Å². The molecule has 0 spiro atoms. The van der Waals surface area contributed by atoms with E-state index in [-0.39, 0.29) is 0 Å². The summed E-state index contributed by atoms with van der Waals surface area (Å²) in [5, 5.41) is 13.4. The van der Waals surface area contributed by atoms with Gasteiger partial charge in [0, 0.05) is 30.8 Å². The standard InChI is InChI=1S/C15H18N6OS/c1-20-12(6-7-17-20)10-23-15-19-18-14(9-16)21(15)11-4-3-5-13(8-11)22-2/h3-8H,9-10,16H2,1-2H3. The largest absolute Gasteiger partial charge is 0.497 e. The number of aryl methyl sites for hydroxylation is 1. The van der Waals surface area contributed by atoms with Gasteiger partial charge in [-0.2, -0.15) is 5.10 Å². The Labute approximate surface area is 138 Å². The number of methoxy groups -OCH3 is 1. The molecule has 0 fully saturated rings. The lowest BCUT2D eigenvalue weighted by molar-refractivity contribution is 0.414. The van der Waals surface area contributed by atoms with Gasteiger partial charge in [0.15, 0.2) is 11.0 Å². The van der Waals surface area contributed by atoms with Crippen LogP contribution in [0.3, 0.4) is 0 Å². The molecule has 23 heavy (non-hydrogen) atoms. The summed E-state index contributed by atoms with van der Waals surface area (Å²) >= 11 is 1.60. The predicted molar refractivity (Wildman–Crippen MR) is 88.6 cm³/mol. The number of benzene rings is 1. The minimum atomic E-state index is 0.316. The number of hydrogen-bond acceptors (Lipinski definition) is 6. The van der Waals surface area contributed by atoms with Gasteiger partial charge in [-0.3, -0.25) is 9.25 Å². The van der Waals surface area contributed by atoms with E-state index in [0.29, 0.717) is 12.4 Å². The zero-order valence-electron chi connectivity index (χ0n) is 13.0. The molecule has 2 heterocycles. The average molecular weight is 330 g/mol. The smallest absolute Gasteiger partial charge is 0.196 e. The van der Waals surface area contributed by atoms with Crippen molar-refractivity contribution in [1.82, 2.24) is 24.5 Å². The van der Waals surface area contributed by atoms with Crippen LogP contribution < -0.4 is 10.5 Å². The molecule has 3 aromatic rings. The normalized spacial score (nSPS) is 10.9. The molecule has 3 rings (SSSR count). The number of ether oxygens (including phenoxy) is 1. The summed E-state index contributed by atoms with van der Waals surface area (Å²) in [6.07, 6.45) is 1.79. The van der Waals surface area contributed by atoms with E-state index in [0.717, 1.165) is 28.0 Å². The van der Waals surface area contributed by atoms with Gasteiger partial charge in [0.1, 0.15) is 5.75 Å². The molecule has 1 aromatic carbocycles. The topological polar surface area (TPSA) is 83.8 Å². The molecule has 2 N–H and O–H groups in total. The first-order valence-corrected chi connectivity index (χ1v) is 8.10. The number of aromatic nitrogens is 5. The Kier molecular flexibility index (Phi) is 4.63. The van der Waals surface area contributed by atoms with Crippen molar-refractivity contribution < 1.29 is 4.74 Å². The van der Waals surface area contributed by atoms with Gasteiger partial charge in [-0.25, -0.2) is 0 Å². The van der Waals surface area contributed by atoms with Gasteiger partial charge < -0.3 is 10.5 Å². The summed E-state index contributed by atoms with van der Waals surface area (Å²) in [6.45, 7) is 0.316. The number of hydrogen-bond donors (Lipinski definition) is 1. The molecule has 2 aromatic heterocycles. The van der Waals surface area contributed by atoms with Crippen LogP contribution in [-0.4, -0.2) is 31.7 Å². The van der Waals surface area contributed by atoms with Crippen molar-refractivity contribution in [2.24, 2.45) is 12.8 Å². The van der Waals surface area contributed by atoms with Gasteiger partial charge >= 0.3 is 0 Å². The molecule has 8 heteroatoms. The van der Waals surface area contributed by atoms with Crippen LogP contribution >= 0.6 is 11.8 Å². The summed E-state index contributed by atoms with van der Waals surface area (Å²) in [4.78, 5) is 0. The van der Waals surface area contributed by atoms with Crippen LogP contribution in [-0.2, 0) is 19.3 Å². The summed E-state index contributed by atoms with van der Waals surface area (Å²) in [7, 11) is 3.57. The maximum absolute atomic E-state index is 5.81. The molecular formula is C15H18N6OS. The fraction of sp³-hybridized carbons (Fsp3) is 0.267. The zero-order chi connectivity index (χ0) is 16.2. The molecule has 0 unspecified atom stereocenters. The van der Waals surface area contributed by atoms with Gasteiger partial charge in [0.2, 0.25) is 0 Å². The highest BCUT2D eigenvalue weighted by atomic mass is 32.2. The minimum Gasteiger partial charge on any atom is -0.497 e. The molecule has 0 aliphatic heterocycles. The maximum Gasteiger partial charge on any atom is 0.196 e. The third-order valence-electron chi connectivity index (χ3n) is 3.47. The van der Waals surface area contributed by atoms with Crippen molar-refractivity contribution >= 4 is 11.8 Å². The molecule has 120 valence electrons. The van der Waals surface area contributed by atoms with Crippen molar-refractivity contribution in [3.63, 3.8) is 0 Å². The Hall–Kier alpha value is -2.32. The fourth-order valence-corrected chi connectivity index (χ4v) is 3.21. The van der Waals surface area contributed by atoms with Crippen LogP contribution in [0.2, 0.25) is 0 Å². The number of nitrogens with zero attached hydrogens (tertiary/aromatic N) is 5. The average Bonchev–Trinajstić information content (AvgIpc) is 3.18. The van der Waals surface area contributed by atoms with Gasteiger partial charge in [-0.15, -0.1) is 10.2 Å². The molecule has 0 saturated carbocycles. The third-order valence-corrected chi connectivity index (χ3v) is 4.43. The Morgan fingerprint density at radius 3 is 2.83 bits per heavy atom. The molecule has 7 nitrogen and oxygen atoms in total. The SMILES string of the molecule is COc1cccc(-n2c(CN)nnc2SCc2ccnn2C)c1. The quantitative estimate of drug-likeness (QED) is 0.693. The van der Waals surface area contributed by atoms with Crippen LogP contribution in [0.1, 0.15) is 11.5 Å². The van der Waals surface area contributed by atoms with Crippen molar-refractivity contribution in [1.29, 1.82) is 0 Å². The monoisotopic (exact) mass is 330 g/mol. The van der Waals surface area contributed by atoms with E-state index in [1.165, 1.54) is 0 Å². The fourth-order valence-electron chi connectivity index (χ4n) is 2.22. The van der Waals surface area contributed by atoms with Gasteiger partial charge in [-0.05, 0) is 18.2 Å². The van der Waals surface area contributed by atoms with Crippen molar-refractivity contribution in [2.45, 2.75) is 17.5 Å². The van der Waals surface area contributed by atoms with Crippen LogP contribution in [0, 0.1) is 0 Å². The molecule has 0 aliphatic rings. The summed E-state index contributed by atoms with van der Waals surface area (Å²) < 4.78 is 9.11. The zero-order valence-corrected chi connectivity index (χ0v) is 13.8.